The summed E-state index contributed by atoms with van der Waals surface area (Å²) in [7, 11) is 1.59. The van der Waals surface area contributed by atoms with E-state index in [4.69, 9.17) is 16.3 Å². The Bertz CT molecular complexity index is 537. The van der Waals surface area contributed by atoms with Crippen molar-refractivity contribution in [2.45, 2.75) is 18.6 Å². The molecule has 108 valence electrons. The van der Waals surface area contributed by atoms with E-state index in [1.807, 2.05) is 0 Å². The molecule has 1 aromatic carbocycles. The van der Waals surface area contributed by atoms with Gasteiger partial charge in [-0.25, -0.2) is 0 Å². The van der Waals surface area contributed by atoms with Crippen LogP contribution in [0.25, 0.3) is 0 Å². The number of amides is 1. The van der Waals surface area contributed by atoms with E-state index in [2.05, 4.69) is 10.6 Å². The molecule has 0 aliphatic carbocycles. The Balaban J connectivity index is 2.05. The number of halogens is 1. The molecule has 0 bridgehead atoms. The van der Waals surface area contributed by atoms with Gasteiger partial charge >= 0.3 is 0 Å². The molecule has 1 aromatic rings. The Hall–Kier alpha value is -1.70. The van der Waals surface area contributed by atoms with Crippen LogP contribution in [0, 0.1) is 10.1 Å². The number of carbonyl (C=O) groups is 1. The molecule has 2 rings (SSSR count). The number of nitro groups is 1. The summed E-state index contributed by atoms with van der Waals surface area (Å²) < 4.78 is 5.16. The zero-order chi connectivity index (χ0) is 14.7. The van der Waals surface area contributed by atoms with Crippen molar-refractivity contribution >= 4 is 28.9 Å². The number of rotatable bonds is 4. The molecule has 8 heteroatoms. The summed E-state index contributed by atoms with van der Waals surface area (Å²) in [6, 6.07) is 3.78. The third-order valence-electron chi connectivity index (χ3n) is 3.15. The summed E-state index contributed by atoms with van der Waals surface area (Å²) in [6.45, 7) is 0.607. The van der Waals surface area contributed by atoms with Gasteiger partial charge in [-0.15, -0.1) is 0 Å². The number of nitro benzene ring substituents is 1. The minimum Gasteiger partial charge on any atom is -0.380 e. The van der Waals surface area contributed by atoms with Crippen molar-refractivity contribution in [2.24, 2.45) is 0 Å². The van der Waals surface area contributed by atoms with E-state index in [1.54, 1.807) is 7.11 Å². The van der Waals surface area contributed by atoms with Crippen molar-refractivity contribution in [3.63, 3.8) is 0 Å². The highest BCUT2D eigenvalue weighted by Crippen LogP contribution is 2.27. The number of methoxy groups -OCH3 is 1. The molecule has 0 saturated carbocycles. The van der Waals surface area contributed by atoms with E-state index in [1.165, 1.54) is 18.2 Å². The zero-order valence-corrected chi connectivity index (χ0v) is 11.5. The molecule has 1 amide bonds. The van der Waals surface area contributed by atoms with E-state index in [0.29, 0.717) is 18.7 Å². The third-order valence-corrected chi connectivity index (χ3v) is 3.47. The summed E-state index contributed by atoms with van der Waals surface area (Å²) in [5, 5.41) is 16.5. The molecule has 2 atom stereocenters. The van der Waals surface area contributed by atoms with Gasteiger partial charge in [0.2, 0.25) is 5.91 Å². The number of nitrogens with one attached hydrogen (secondary N) is 2. The van der Waals surface area contributed by atoms with Gasteiger partial charge in [0.25, 0.3) is 5.69 Å². The summed E-state index contributed by atoms with van der Waals surface area (Å²) in [5.41, 5.74) is 0.104. The maximum Gasteiger partial charge on any atom is 0.289 e. The van der Waals surface area contributed by atoms with Crippen molar-refractivity contribution in [3.8, 4) is 0 Å². The van der Waals surface area contributed by atoms with Gasteiger partial charge in [0.05, 0.1) is 17.1 Å². The van der Waals surface area contributed by atoms with Crippen molar-refractivity contribution in [1.29, 1.82) is 0 Å². The SMILES string of the molecule is COC1CNC(C(=O)Nc2ccc(Cl)c([N+](=O)[O-])c2)C1. The van der Waals surface area contributed by atoms with Crippen LogP contribution in [0.5, 0.6) is 0 Å². The topological polar surface area (TPSA) is 93.5 Å². The normalized spacial score (nSPS) is 21.7. The largest absolute Gasteiger partial charge is 0.380 e. The molecule has 2 unspecified atom stereocenters. The van der Waals surface area contributed by atoms with Crippen LogP contribution in [0.3, 0.4) is 0 Å². The lowest BCUT2D eigenvalue weighted by Crippen LogP contribution is -2.35. The van der Waals surface area contributed by atoms with Gasteiger partial charge < -0.3 is 15.4 Å². The molecular weight excluding hydrogens is 286 g/mol. The first kappa shape index (κ1) is 14.7. The minimum absolute atomic E-state index is 0.00491. The Morgan fingerprint density at radius 2 is 2.35 bits per heavy atom. The molecule has 7 nitrogen and oxygen atoms in total. The number of nitrogens with zero attached hydrogens (tertiary/aromatic N) is 1. The van der Waals surface area contributed by atoms with E-state index in [-0.39, 0.29) is 28.8 Å². The lowest BCUT2D eigenvalue weighted by atomic mass is 10.2. The quantitative estimate of drug-likeness (QED) is 0.650. The fourth-order valence-electron chi connectivity index (χ4n) is 2.04. The van der Waals surface area contributed by atoms with Crippen LogP contribution in [0.1, 0.15) is 6.42 Å². The van der Waals surface area contributed by atoms with Crippen LogP contribution in [0.2, 0.25) is 5.02 Å². The third kappa shape index (κ3) is 3.24. The molecule has 1 saturated heterocycles. The number of ether oxygens (including phenoxy) is 1. The second-order valence-corrected chi connectivity index (χ2v) is 4.87. The predicted octanol–water partition coefficient (Wildman–Crippen LogP) is 1.56. The summed E-state index contributed by atoms with van der Waals surface area (Å²) in [5.74, 6) is -0.249. The number of hydrogen-bond acceptors (Lipinski definition) is 5. The second kappa shape index (κ2) is 6.17. The van der Waals surface area contributed by atoms with Crippen molar-refractivity contribution in [3.05, 3.63) is 33.3 Å². The van der Waals surface area contributed by atoms with E-state index < -0.39 is 4.92 Å². The number of carbonyl (C=O) groups excluding carboxylic acids is 1. The minimum atomic E-state index is -0.591. The lowest BCUT2D eigenvalue weighted by molar-refractivity contribution is -0.384. The maximum atomic E-state index is 12.0. The molecule has 0 spiro atoms. The van der Waals surface area contributed by atoms with Gasteiger partial charge in [-0.05, 0) is 18.6 Å². The highest BCUT2D eigenvalue weighted by atomic mass is 35.5. The second-order valence-electron chi connectivity index (χ2n) is 4.47. The van der Waals surface area contributed by atoms with Crippen LogP contribution >= 0.6 is 11.6 Å². The Labute approximate surface area is 120 Å². The van der Waals surface area contributed by atoms with Gasteiger partial charge in [-0.2, -0.15) is 0 Å². The highest BCUT2D eigenvalue weighted by molar-refractivity contribution is 6.32. The molecular formula is C12H14ClN3O4. The van der Waals surface area contributed by atoms with Crippen molar-refractivity contribution in [2.75, 3.05) is 19.0 Å². The smallest absolute Gasteiger partial charge is 0.289 e. The molecule has 1 fully saturated rings. The number of anilines is 1. The van der Waals surface area contributed by atoms with Gasteiger partial charge in [-0.1, -0.05) is 11.6 Å². The summed E-state index contributed by atoms with van der Waals surface area (Å²) >= 11 is 5.71. The van der Waals surface area contributed by atoms with Crippen LogP contribution in [-0.2, 0) is 9.53 Å². The van der Waals surface area contributed by atoms with Gasteiger partial charge in [-0.3, -0.25) is 14.9 Å². The molecule has 1 heterocycles. The summed E-state index contributed by atoms with van der Waals surface area (Å²) in [4.78, 5) is 22.2. The van der Waals surface area contributed by atoms with Crippen LogP contribution in [-0.4, -0.2) is 36.6 Å². The average Bonchev–Trinajstić information content (AvgIpc) is 2.89. The Morgan fingerprint density at radius 1 is 1.60 bits per heavy atom. The first-order chi connectivity index (χ1) is 9.51. The molecule has 1 aliphatic rings. The van der Waals surface area contributed by atoms with Crippen molar-refractivity contribution < 1.29 is 14.5 Å². The number of benzene rings is 1. The van der Waals surface area contributed by atoms with E-state index in [9.17, 15) is 14.9 Å². The average molecular weight is 300 g/mol. The zero-order valence-electron chi connectivity index (χ0n) is 10.8. The Morgan fingerprint density at radius 3 is 2.95 bits per heavy atom. The lowest BCUT2D eigenvalue weighted by Gasteiger charge is -2.11. The highest BCUT2D eigenvalue weighted by Gasteiger charge is 2.29. The maximum absolute atomic E-state index is 12.0. The van der Waals surface area contributed by atoms with Crippen LogP contribution in [0.4, 0.5) is 11.4 Å². The van der Waals surface area contributed by atoms with Gasteiger partial charge in [0.15, 0.2) is 0 Å². The fourth-order valence-corrected chi connectivity index (χ4v) is 2.23. The molecule has 20 heavy (non-hydrogen) atoms. The molecule has 1 aliphatic heterocycles. The molecule has 2 N–H and O–H groups in total. The van der Waals surface area contributed by atoms with E-state index >= 15 is 0 Å². The number of hydrogen-bond donors (Lipinski definition) is 2. The van der Waals surface area contributed by atoms with E-state index in [0.717, 1.165) is 0 Å². The van der Waals surface area contributed by atoms with Gasteiger partial charge in [0.1, 0.15) is 5.02 Å². The monoisotopic (exact) mass is 299 g/mol. The van der Waals surface area contributed by atoms with Crippen LogP contribution < -0.4 is 10.6 Å². The predicted molar refractivity (Wildman–Crippen MR) is 73.9 cm³/mol. The summed E-state index contributed by atoms with van der Waals surface area (Å²) in [6.07, 6.45) is 0.572. The molecule has 0 radical (unpaired) electrons. The first-order valence-corrected chi connectivity index (χ1v) is 6.40. The fraction of sp³-hybridized carbons (Fsp3) is 0.417. The van der Waals surface area contributed by atoms with Crippen molar-refractivity contribution in [1.82, 2.24) is 5.32 Å². The Kier molecular flexibility index (Phi) is 4.53. The molecule has 0 aromatic heterocycles. The standard InChI is InChI=1S/C12H14ClN3O4/c1-20-8-5-10(14-6-8)12(17)15-7-2-3-9(13)11(4-7)16(18)19/h2-4,8,10,14H,5-6H2,1H3,(H,15,17). The first-order valence-electron chi connectivity index (χ1n) is 6.02. The van der Waals surface area contributed by atoms with Gasteiger partial charge in [0, 0.05) is 25.4 Å². The van der Waals surface area contributed by atoms with Crippen LogP contribution in [0.15, 0.2) is 18.2 Å².